The summed E-state index contributed by atoms with van der Waals surface area (Å²) in [7, 11) is 0. The average molecular weight is 347 g/mol. The number of H-pyrrole nitrogens is 1. The van der Waals surface area contributed by atoms with Crippen molar-refractivity contribution >= 4 is 11.6 Å². The van der Waals surface area contributed by atoms with Crippen molar-refractivity contribution in [2.75, 3.05) is 11.9 Å². The number of nitrogens with one attached hydrogen (secondary N) is 2. The maximum absolute atomic E-state index is 12.7. The minimum absolute atomic E-state index is 0.0109. The molecular formula is C20H21N5O. The van der Waals surface area contributed by atoms with Gasteiger partial charge in [-0.3, -0.25) is 14.8 Å². The van der Waals surface area contributed by atoms with Gasteiger partial charge in [0.15, 0.2) is 5.82 Å². The summed E-state index contributed by atoms with van der Waals surface area (Å²) in [5, 5.41) is 9.69. The molecule has 2 heterocycles. The van der Waals surface area contributed by atoms with Crippen molar-refractivity contribution in [1.82, 2.24) is 20.1 Å². The molecule has 1 aliphatic rings. The van der Waals surface area contributed by atoms with Crippen molar-refractivity contribution < 1.29 is 4.79 Å². The number of nitrogens with zero attached hydrogens (tertiary/aromatic N) is 3. The van der Waals surface area contributed by atoms with Gasteiger partial charge in [0, 0.05) is 24.3 Å². The lowest BCUT2D eigenvalue weighted by Gasteiger charge is -2.32. The van der Waals surface area contributed by atoms with Gasteiger partial charge in [0.05, 0.1) is 6.04 Å². The van der Waals surface area contributed by atoms with E-state index in [0.29, 0.717) is 5.82 Å². The molecule has 1 aliphatic heterocycles. The quantitative estimate of drug-likeness (QED) is 0.761. The highest BCUT2D eigenvalue weighted by Crippen LogP contribution is 2.21. The van der Waals surface area contributed by atoms with Crippen LogP contribution in [0.4, 0.5) is 5.69 Å². The van der Waals surface area contributed by atoms with Gasteiger partial charge in [-0.05, 0) is 48.7 Å². The lowest BCUT2D eigenvalue weighted by molar-refractivity contribution is -0.121. The standard InChI is InChI=1S/C20H21N5O/c1-14(25-11-10-15-4-2-3-5-17(15)12-25)20(26)23-18-8-6-16(7-9-18)19-21-13-22-24-19/h2-9,13-14H,10-12H2,1H3,(H,23,26)(H,21,22,24). The summed E-state index contributed by atoms with van der Waals surface area (Å²) in [4.78, 5) is 19.0. The van der Waals surface area contributed by atoms with Crippen LogP contribution in [-0.4, -0.2) is 38.6 Å². The van der Waals surface area contributed by atoms with Crippen LogP contribution < -0.4 is 5.32 Å². The van der Waals surface area contributed by atoms with Crippen LogP contribution in [0.5, 0.6) is 0 Å². The molecule has 1 unspecified atom stereocenters. The van der Waals surface area contributed by atoms with Crippen LogP contribution >= 0.6 is 0 Å². The fraction of sp³-hybridized carbons (Fsp3) is 0.250. The number of carbonyl (C=O) groups excluding carboxylic acids is 1. The molecule has 3 aromatic rings. The fourth-order valence-corrected chi connectivity index (χ4v) is 3.32. The van der Waals surface area contributed by atoms with E-state index in [-0.39, 0.29) is 11.9 Å². The number of fused-ring (bicyclic) bond motifs is 1. The topological polar surface area (TPSA) is 73.9 Å². The zero-order valence-electron chi connectivity index (χ0n) is 14.6. The van der Waals surface area contributed by atoms with E-state index in [1.54, 1.807) is 0 Å². The molecule has 26 heavy (non-hydrogen) atoms. The van der Waals surface area contributed by atoms with E-state index in [4.69, 9.17) is 0 Å². The summed E-state index contributed by atoms with van der Waals surface area (Å²) in [6, 6.07) is 15.9. The van der Waals surface area contributed by atoms with Gasteiger partial charge < -0.3 is 5.32 Å². The molecule has 6 nitrogen and oxygen atoms in total. The zero-order chi connectivity index (χ0) is 17.9. The molecule has 132 valence electrons. The molecule has 1 aromatic heterocycles. The van der Waals surface area contributed by atoms with Gasteiger partial charge in [0.1, 0.15) is 6.33 Å². The van der Waals surface area contributed by atoms with Crippen molar-refractivity contribution in [3.8, 4) is 11.4 Å². The average Bonchev–Trinajstić information content (AvgIpc) is 3.22. The monoisotopic (exact) mass is 347 g/mol. The summed E-state index contributed by atoms with van der Waals surface area (Å²) in [5.74, 6) is 0.722. The molecule has 0 spiro atoms. The lowest BCUT2D eigenvalue weighted by atomic mass is 9.99. The van der Waals surface area contributed by atoms with Crippen LogP contribution in [-0.2, 0) is 17.8 Å². The van der Waals surface area contributed by atoms with Gasteiger partial charge in [-0.2, -0.15) is 5.10 Å². The van der Waals surface area contributed by atoms with Gasteiger partial charge in [-0.15, -0.1) is 0 Å². The minimum Gasteiger partial charge on any atom is -0.325 e. The molecule has 0 aliphatic carbocycles. The molecule has 6 heteroatoms. The van der Waals surface area contributed by atoms with Crippen LogP contribution in [0, 0.1) is 0 Å². The first-order valence-corrected chi connectivity index (χ1v) is 8.78. The van der Waals surface area contributed by atoms with Crippen LogP contribution in [0.2, 0.25) is 0 Å². The summed E-state index contributed by atoms with van der Waals surface area (Å²) in [5.41, 5.74) is 4.41. The van der Waals surface area contributed by atoms with Crippen LogP contribution in [0.15, 0.2) is 54.9 Å². The first-order valence-electron chi connectivity index (χ1n) is 8.78. The minimum atomic E-state index is -0.183. The summed E-state index contributed by atoms with van der Waals surface area (Å²) < 4.78 is 0. The Hall–Kier alpha value is -2.99. The summed E-state index contributed by atoms with van der Waals surface area (Å²) >= 11 is 0. The van der Waals surface area contributed by atoms with Gasteiger partial charge in [-0.25, -0.2) is 4.98 Å². The SMILES string of the molecule is CC(C(=O)Nc1ccc(-c2ncn[nH]2)cc1)N1CCc2ccccc2C1. The number of rotatable bonds is 4. The highest BCUT2D eigenvalue weighted by Gasteiger charge is 2.25. The van der Waals surface area contributed by atoms with Gasteiger partial charge in [-0.1, -0.05) is 24.3 Å². The largest absolute Gasteiger partial charge is 0.325 e. The number of carbonyl (C=O) groups is 1. The molecule has 0 saturated heterocycles. The van der Waals surface area contributed by atoms with Gasteiger partial charge in [0.2, 0.25) is 5.91 Å². The Bertz CT molecular complexity index is 889. The predicted octanol–water partition coefficient (Wildman–Crippen LogP) is 2.86. The Balaban J connectivity index is 1.40. The van der Waals surface area contributed by atoms with Crippen molar-refractivity contribution in [1.29, 1.82) is 0 Å². The van der Waals surface area contributed by atoms with E-state index < -0.39 is 0 Å². The molecule has 0 bridgehead atoms. The number of benzene rings is 2. The zero-order valence-corrected chi connectivity index (χ0v) is 14.6. The van der Waals surface area contributed by atoms with E-state index >= 15 is 0 Å². The Morgan fingerprint density at radius 3 is 2.65 bits per heavy atom. The smallest absolute Gasteiger partial charge is 0.241 e. The molecule has 0 radical (unpaired) electrons. The van der Waals surface area contributed by atoms with Gasteiger partial charge in [0.25, 0.3) is 0 Å². The van der Waals surface area contributed by atoms with E-state index in [1.807, 2.05) is 31.2 Å². The third-order valence-electron chi connectivity index (χ3n) is 4.93. The van der Waals surface area contributed by atoms with Crippen molar-refractivity contribution in [3.63, 3.8) is 0 Å². The number of hydrogen-bond acceptors (Lipinski definition) is 4. The van der Waals surface area contributed by atoms with Gasteiger partial charge >= 0.3 is 0 Å². The molecule has 1 atom stereocenters. The Morgan fingerprint density at radius 2 is 1.92 bits per heavy atom. The Morgan fingerprint density at radius 1 is 1.15 bits per heavy atom. The molecule has 4 rings (SSSR count). The van der Waals surface area contributed by atoms with E-state index in [1.165, 1.54) is 17.5 Å². The highest BCUT2D eigenvalue weighted by atomic mass is 16.2. The summed E-state index contributed by atoms with van der Waals surface area (Å²) in [6.45, 7) is 3.68. The number of amides is 1. The van der Waals surface area contributed by atoms with Crippen LogP contribution in [0.25, 0.3) is 11.4 Å². The summed E-state index contributed by atoms with van der Waals surface area (Å²) in [6.07, 6.45) is 2.46. The molecular weight excluding hydrogens is 326 g/mol. The second-order valence-corrected chi connectivity index (χ2v) is 6.57. The molecule has 2 N–H and O–H groups in total. The maximum atomic E-state index is 12.7. The second kappa shape index (κ2) is 7.09. The second-order valence-electron chi connectivity index (χ2n) is 6.57. The third kappa shape index (κ3) is 3.36. The fourth-order valence-electron chi connectivity index (χ4n) is 3.32. The first-order chi connectivity index (χ1) is 12.7. The molecule has 2 aromatic carbocycles. The third-order valence-corrected chi connectivity index (χ3v) is 4.93. The van der Waals surface area contributed by atoms with E-state index in [2.05, 4.69) is 49.7 Å². The normalized spacial score (nSPS) is 15.3. The van der Waals surface area contributed by atoms with E-state index in [9.17, 15) is 4.79 Å². The van der Waals surface area contributed by atoms with E-state index in [0.717, 1.165) is 30.8 Å². The maximum Gasteiger partial charge on any atom is 0.241 e. The van der Waals surface area contributed by atoms with Crippen LogP contribution in [0.1, 0.15) is 18.1 Å². The number of aromatic nitrogens is 3. The predicted molar refractivity (Wildman–Crippen MR) is 100 cm³/mol. The van der Waals surface area contributed by atoms with Crippen LogP contribution in [0.3, 0.4) is 0 Å². The Kier molecular flexibility index (Phi) is 4.50. The first kappa shape index (κ1) is 16.5. The lowest BCUT2D eigenvalue weighted by Crippen LogP contribution is -2.44. The van der Waals surface area contributed by atoms with Crippen molar-refractivity contribution in [2.24, 2.45) is 0 Å². The van der Waals surface area contributed by atoms with Crippen molar-refractivity contribution in [2.45, 2.75) is 25.9 Å². The number of anilines is 1. The molecule has 1 amide bonds. The van der Waals surface area contributed by atoms with Crippen molar-refractivity contribution in [3.05, 3.63) is 66.0 Å². The molecule has 0 saturated carbocycles. The highest BCUT2D eigenvalue weighted by molar-refractivity contribution is 5.94. The number of aromatic amines is 1. The molecule has 0 fully saturated rings. The Labute approximate surface area is 152 Å². The number of hydrogen-bond donors (Lipinski definition) is 2.